The van der Waals surface area contributed by atoms with E-state index in [1.165, 1.54) is 14.2 Å². The highest BCUT2D eigenvalue weighted by atomic mass is 16.5. The predicted molar refractivity (Wildman–Crippen MR) is 70.2 cm³/mol. The van der Waals surface area contributed by atoms with E-state index in [-0.39, 0.29) is 0 Å². The SMILES string of the molecule is CC/C=C/c1cc(OC)cc(OC)c1C(=O)OC. The number of allylic oxidation sites excluding steroid dienone is 1. The van der Waals surface area contributed by atoms with Crippen molar-refractivity contribution in [3.63, 3.8) is 0 Å². The molecule has 0 amide bonds. The first-order valence-electron chi connectivity index (χ1n) is 5.68. The first-order valence-corrected chi connectivity index (χ1v) is 5.68. The van der Waals surface area contributed by atoms with Crippen LogP contribution in [-0.2, 0) is 4.74 Å². The topological polar surface area (TPSA) is 44.8 Å². The van der Waals surface area contributed by atoms with E-state index in [1.807, 2.05) is 19.1 Å². The normalized spacial score (nSPS) is 10.4. The minimum absolute atomic E-state index is 0.408. The molecule has 4 heteroatoms. The summed E-state index contributed by atoms with van der Waals surface area (Å²) in [5.41, 5.74) is 1.13. The summed E-state index contributed by atoms with van der Waals surface area (Å²) >= 11 is 0. The second-order valence-corrected chi connectivity index (χ2v) is 3.60. The van der Waals surface area contributed by atoms with Gasteiger partial charge in [0.2, 0.25) is 0 Å². The smallest absolute Gasteiger partial charge is 0.342 e. The van der Waals surface area contributed by atoms with Crippen molar-refractivity contribution >= 4 is 12.0 Å². The molecule has 0 N–H and O–H groups in total. The van der Waals surface area contributed by atoms with Crippen LogP contribution in [0, 0.1) is 0 Å². The van der Waals surface area contributed by atoms with Crippen molar-refractivity contribution in [3.8, 4) is 11.5 Å². The Kier molecular flexibility index (Phi) is 5.24. The summed E-state index contributed by atoms with van der Waals surface area (Å²) in [4.78, 5) is 11.8. The number of benzene rings is 1. The molecular weight excluding hydrogens is 232 g/mol. The first kappa shape index (κ1) is 14.1. The Labute approximate surface area is 107 Å². The lowest BCUT2D eigenvalue weighted by molar-refractivity contribution is 0.0597. The van der Waals surface area contributed by atoms with Gasteiger partial charge in [-0.05, 0) is 18.1 Å². The predicted octanol–water partition coefficient (Wildman–Crippen LogP) is 2.91. The summed E-state index contributed by atoms with van der Waals surface area (Å²) < 4.78 is 15.2. The Bertz CT molecular complexity index is 449. The Balaban J connectivity index is 3.41. The summed E-state index contributed by atoms with van der Waals surface area (Å²) in [6, 6.07) is 3.44. The first-order chi connectivity index (χ1) is 8.67. The van der Waals surface area contributed by atoms with E-state index < -0.39 is 5.97 Å². The molecular formula is C14H18O4. The molecule has 1 rings (SSSR count). The number of esters is 1. The molecule has 0 radical (unpaired) electrons. The van der Waals surface area contributed by atoms with Gasteiger partial charge in [-0.2, -0.15) is 0 Å². The zero-order valence-electron chi connectivity index (χ0n) is 11.1. The van der Waals surface area contributed by atoms with Crippen LogP contribution in [-0.4, -0.2) is 27.3 Å². The van der Waals surface area contributed by atoms with E-state index in [1.54, 1.807) is 19.2 Å². The fourth-order valence-electron chi connectivity index (χ4n) is 1.59. The molecule has 0 unspecified atom stereocenters. The molecule has 0 saturated carbocycles. The van der Waals surface area contributed by atoms with Gasteiger partial charge >= 0.3 is 5.97 Å². The number of rotatable bonds is 5. The molecule has 0 saturated heterocycles. The van der Waals surface area contributed by atoms with Crippen LogP contribution in [0.5, 0.6) is 11.5 Å². The molecule has 18 heavy (non-hydrogen) atoms. The summed E-state index contributed by atoms with van der Waals surface area (Å²) in [6.45, 7) is 2.02. The molecule has 0 bridgehead atoms. The van der Waals surface area contributed by atoms with E-state index in [0.717, 1.165) is 12.0 Å². The lowest BCUT2D eigenvalue weighted by atomic mass is 10.0. The van der Waals surface area contributed by atoms with Crippen LogP contribution in [0.1, 0.15) is 29.3 Å². The van der Waals surface area contributed by atoms with Gasteiger partial charge in [-0.25, -0.2) is 4.79 Å². The third-order valence-corrected chi connectivity index (χ3v) is 2.48. The average Bonchev–Trinajstić information content (AvgIpc) is 2.42. The van der Waals surface area contributed by atoms with E-state index in [9.17, 15) is 4.79 Å². The molecule has 0 spiro atoms. The monoisotopic (exact) mass is 250 g/mol. The third-order valence-electron chi connectivity index (χ3n) is 2.48. The number of ether oxygens (including phenoxy) is 3. The van der Waals surface area contributed by atoms with Gasteiger partial charge in [-0.3, -0.25) is 0 Å². The van der Waals surface area contributed by atoms with Gasteiger partial charge in [0.05, 0.1) is 21.3 Å². The minimum Gasteiger partial charge on any atom is -0.497 e. The molecule has 1 aromatic carbocycles. The van der Waals surface area contributed by atoms with Crippen LogP contribution in [0.4, 0.5) is 0 Å². The van der Waals surface area contributed by atoms with E-state index in [0.29, 0.717) is 17.1 Å². The van der Waals surface area contributed by atoms with Crippen molar-refractivity contribution in [2.75, 3.05) is 21.3 Å². The van der Waals surface area contributed by atoms with Gasteiger partial charge in [-0.15, -0.1) is 0 Å². The van der Waals surface area contributed by atoms with Crippen LogP contribution in [0.2, 0.25) is 0 Å². The standard InChI is InChI=1S/C14H18O4/c1-5-6-7-10-8-11(16-2)9-12(17-3)13(10)14(15)18-4/h6-9H,5H2,1-4H3/b7-6+. The van der Waals surface area contributed by atoms with Crippen LogP contribution in [0.15, 0.2) is 18.2 Å². The van der Waals surface area contributed by atoms with Gasteiger partial charge in [0.15, 0.2) is 0 Å². The molecule has 4 nitrogen and oxygen atoms in total. The molecule has 98 valence electrons. The summed E-state index contributed by atoms with van der Waals surface area (Å²) in [7, 11) is 4.42. The van der Waals surface area contributed by atoms with Crippen LogP contribution in [0.25, 0.3) is 6.08 Å². The second kappa shape index (κ2) is 6.69. The maximum Gasteiger partial charge on any atom is 0.342 e. The molecule has 0 aromatic heterocycles. The highest BCUT2D eigenvalue weighted by Gasteiger charge is 2.18. The van der Waals surface area contributed by atoms with Gasteiger partial charge in [-0.1, -0.05) is 19.1 Å². The Morgan fingerprint density at radius 2 is 1.94 bits per heavy atom. The van der Waals surface area contributed by atoms with Crippen molar-refractivity contribution in [1.29, 1.82) is 0 Å². The molecule has 0 aliphatic rings. The summed E-state index contributed by atoms with van der Waals surface area (Å²) in [5.74, 6) is 0.650. The number of methoxy groups -OCH3 is 3. The molecule has 0 aliphatic carbocycles. The summed E-state index contributed by atoms with van der Waals surface area (Å²) in [5, 5.41) is 0. The van der Waals surface area contributed by atoms with Gasteiger partial charge in [0, 0.05) is 6.07 Å². The summed E-state index contributed by atoms with van der Waals surface area (Å²) in [6.07, 6.45) is 4.69. The number of carbonyl (C=O) groups excluding carboxylic acids is 1. The Hall–Kier alpha value is -1.97. The van der Waals surface area contributed by atoms with Gasteiger partial charge in [0.25, 0.3) is 0 Å². The number of hydrogen-bond acceptors (Lipinski definition) is 4. The zero-order valence-corrected chi connectivity index (χ0v) is 11.1. The highest BCUT2D eigenvalue weighted by Crippen LogP contribution is 2.30. The van der Waals surface area contributed by atoms with Gasteiger partial charge < -0.3 is 14.2 Å². The Morgan fingerprint density at radius 1 is 1.22 bits per heavy atom. The third kappa shape index (κ3) is 3.03. The average molecular weight is 250 g/mol. The van der Waals surface area contributed by atoms with Gasteiger partial charge in [0.1, 0.15) is 17.1 Å². The number of carbonyl (C=O) groups is 1. The number of hydrogen-bond donors (Lipinski definition) is 0. The highest BCUT2D eigenvalue weighted by molar-refractivity contribution is 5.97. The van der Waals surface area contributed by atoms with Crippen molar-refractivity contribution in [1.82, 2.24) is 0 Å². The van der Waals surface area contributed by atoms with E-state index in [2.05, 4.69) is 0 Å². The van der Waals surface area contributed by atoms with E-state index >= 15 is 0 Å². The molecule has 0 heterocycles. The van der Waals surface area contributed by atoms with Crippen molar-refractivity contribution in [2.45, 2.75) is 13.3 Å². The largest absolute Gasteiger partial charge is 0.497 e. The van der Waals surface area contributed by atoms with Crippen molar-refractivity contribution < 1.29 is 19.0 Å². The van der Waals surface area contributed by atoms with E-state index in [4.69, 9.17) is 14.2 Å². The lowest BCUT2D eigenvalue weighted by Gasteiger charge is -2.12. The maximum atomic E-state index is 11.8. The molecule has 1 aromatic rings. The minimum atomic E-state index is -0.426. The molecule has 0 atom stereocenters. The second-order valence-electron chi connectivity index (χ2n) is 3.60. The quantitative estimate of drug-likeness (QED) is 0.754. The van der Waals surface area contributed by atoms with Crippen LogP contribution >= 0.6 is 0 Å². The maximum absolute atomic E-state index is 11.8. The van der Waals surface area contributed by atoms with Crippen LogP contribution in [0.3, 0.4) is 0 Å². The molecule has 0 fully saturated rings. The van der Waals surface area contributed by atoms with Crippen molar-refractivity contribution in [2.24, 2.45) is 0 Å². The zero-order chi connectivity index (χ0) is 13.5. The lowest BCUT2D eigenvalue weighted by Crippen LogP contribution is -2.07. The fraction of sp³-hybridized carbons (Fsp3) is 0.357. The molecule has 0 aliphatic heterocycles. The fourth-order valence-corrected chi connectivity index (χ4v) is 1.59. The Morgan fingerprint density at radius 3 is 2.44 bits per heavy atom. The van der Waals surface area contributed by atoms with Crippen LogP contribution < -0.4 is 9.47 Å². The van der Waals surface area contributed by atoms with Crippen molar-refractivity contribution in [3.05, 3.63) is 29.3 Å².